The molecule has 0 bridgehead atoms. The van der Waals surface area contributed by atoms with Gasteiger partial charge in [-0.05, 0) is 55.0 Å². The molecule has 1 aliphatic carbocycles. The fraction of sp³-hybridized carbons (Fsp3) is 0.174. The summed E-state index contributed by atoms with van der Waals surface area (Å²) in [6.45, 7) is 0. The molecule has 28 heavy (non-hydrogen) atoms. The third-order valence-corrected chi connectivity index (χ3v) is 5.88. The Hall–Kier alpha value is -3.05. The first-order valence-corrected chi connectivity index (χ1v) is 10.5. The lowest BCUT2D eigenvalue weighted by Crippen LogP contribution is -2.02. The third kappa shape index (κ3) is 3.53. The molecule has 2 aromatic heterocycles. The van der Waals surface area contributed by atoms with Gasteiger partial charge in [-0.25, -0.2) is 4.98 Å². The van der Waals surface area contributed by atoms with Gasteiger partial charge in [0.15, 0.2) is 10.9 Å². The molecule has 0 unspecified atom stereocenters. The van der Waals surface area contributed by atoms with Crippen LogP contribution < -0.4 is 5.32 Å². The Morgan fingerprint density at radius 3 is 2.43 bits per heavy atom. The zero-order valence-electron chi connectivity index (χ0n) is 15.4. The Morgan fingerprint density at radius 1 is 0.750 bits per heavy atom. The van der Waals surface area contributed by atoms with Crippen LogP contribution in [0.1, 0.15) is 24.0 Å². The van der Waals surface area contributed by atoms with Crippen LogP contribution >= 0.6 is 11.3 Å². The molecule has 0 saturated heterocycles. The predicted molar refractivity (Wildman–Crippen MR) is 115 cm³/mol. The molecule has 138 valence electrons. The van der Waals surface area contributed by atoms with Gasteiger partial charge in [0.1, 0.15) is 0 Å². The van der Waals surface area contributed by atoms with Crippen LogP contribution in [0.5, 0.6) is 0 Å². The van der Waals surface area contributed by atoms with Crippen LogP contribution in [0.3, 0.4) is 0 Å². The highest BCUT2D eigenvalue weighted by Crippen LogP contribution is 2.28. The molecule has 0 saturated carbocycles. The lowest BCUT2D eigenvalue weighted by atomic mass is 9.90. The maximum atomic E-state index is 4.64. The third-order valence-electron chi connectivity index (χ3n) is 5.12. The van der Waals surface area contributed by atoms with Crippen molar-refractivity contribution in [1.82, 2.24) is 15.2 Å². The molecule has 0 amide bonds. The van der Waals surface area contributed by atoms with Crippen molar-refractivity contribution < 1.29 is 0 Å². The van der Waals surface area contributed by atoms with E-state index in [1.807, 2.05) is 35.7 Å². The average molecular weight is 385 g/mol. The van der Waals surface area contributed by atoms with Gasteiger partial charge in [0, 0.05) is 16.5 Å². The van der Waals surface area contributed by atoms with E-state index in [1.54, 1.807) is 11.3 Å². The highest BCUT2D eigenvalue weighted by atomic mass is 32.1. The second-order valence-electron chi connectivity index (χ2n) is 7.02. The maximum absolute atomic E-state index is 4.64. The second-order valence-corrected chi connectivity index (χ2v) is 7.88. The number of thiazole rings is 1. The van der Waals surface area contributed by atoms with Crippen molar-refractivity contribution >= 4 is 22.3 Å². The molecule has 0 fully saturated rings. The Kier molecular flexibility index (Phi) is 4.59. The van der Waals surface area contributed by atoms with Crippen molar-refractivity contribution in [3.05, 3.63) is 77.2 Å². The molecule has 4 nitrogen and oxygen atoms in total. The smallest absolute Gasteiger partial charge is 0.188 e. The molecule has 2 aromatic carbocycles. The zero-order chi connectivity index (χ0) is 18.8. The first kappa shape index (κ1) is 17.1. The summed E-state index contributed by atoms with van der Waals surface area (Å²) in [6.07, 6.45) is 4.95. The molecule has 0 radical (unpaired) electrons. The Morgan fingerprint density at radius 2 is 1.61 bits per heavy atom. The highest BCUT2D eigenvalue weighted by molar-refractivity contribution is 7.14. The SMILES string of the molecule is c1ccc(-c2csc(Nc3ccc(-c4ccc5c(c4)CCCC5)nn3)n2)cc1. The van der Waals surface area contributed by atoms with Crippen LogP contribution in [-0.2, 0) is 12.8 Å². The van der Waals surface area contributed by atoms with E-state index in [1.165, 1.54) is 36.8 Å². The number of nitrogens with zero attached hydrogens (tertiary/aromatic N) is 3. The zero-order valence-corrected chi connectivity index (χ0v) is 16.2. The van der Waals surface area contributed by atoms with Gasteiger partial charge in [-0.3, -0.25) is 0 Å². The molecule has 0 spiro atoms. The first-order valence-electron chi connectivity index (χ1n) is 9.59. The van der Waals surface area contributed by atoms with Crippen LogP contribution in [-0.4, -0.2) is 15.2 Å². The predicted octanol–water partition coefficient (Wildman–Crippen LogP) is 5.89. The fourth-order valence-electron chi connectivity index (χ4n) is 3.63. The van der Waals surface area contributed by atoms with E-state index < -0.39 is 0 Å². The fourth-order valence-corrected chi connectivity index (χ4v) is 4.35. The standard InChI is InChI=1S/C23H20N4S/c1-2-7-17(8-3-1)21-15-28-23(24-21)25-22-13-12-20(26-27-22)19-11-10-16-6-4-5-9-18(16)14-19/h1-3,7-8,10-15H,4-6,9H2,(H,24,25,27). The van der Waals surface area contributed by atoms with Crippen LogP contribution in [0.4, 0.5) is 10.9 Å². The number of fused-ring (bicyclic) bond motifs is 1. The number of benzene rings is 2. The summed E-state index contributed by atoms with van der Waals surface area (Å²) in [5.41, 5.74) is 7.07. The van der Waals surface area contributed by atoms with Gasteiger partial charge in [0.25, 0.3) is 0 Å². The van der Waals surface area contributed by atoms with Crippen LogP contribution in [0.15, 0.2) is 66.0 Å². The van der Waals surface area contributed by atoms with E-state index in [0.717, 1.165) is 27.6 Å². The Bertz CT molecular complexity index is 1090. The minimum atomic E-state index is 0.704. The number of hydrogen-bond donors (Lipinski definition) is 1. The van der Waals surface area contributed by atoms with Crippen LogP contribution in [0.25, 0.3) is 22.5 Å². The van der Waals surface area contributed by atoms with Crippen LogP contribution in [0, 0.1) is 0 Å². The second kappa shape index (κ2) is 7.52. The van der Waals surface area contributed by atoms with Crippen LogP contribution in [0.2, 0.25) is 0 Å². The Labute approximate surface area is 168 Å². The molecular formula is C23H20N4S. The summed E-state index contributed by atoms with van der Waals surface area (Å²) < 4.78 is 0. The van der Waals surface area contributed by atoms with Gasteiger partial charge in [0.05, 0.1) is 11.4 Å². The minimum Gasteiger partial charge on any atom is -0.315 e. The average Bonchev–Trinajstić information content (AvgIpc) is 3.23. The molecule has 5 rings (SSSR count). The van der Waals surface area contributed by atoms with Crippen molar-refractivity contribution in [2.24, 2.45) is 0 Å². The van der Waals surface area contributed by atoms with Gasteiger partial charge in [0.2, 0.25) is 0 Å². The molecule has 4 aromatic rings. The molecule has 1 N–H and O–H groups in total. The van der Waals surface area contributed by atoms with Gasteiger partial charge in [-0.15, -0.1) is 21.5 Å². The first-order chi connectivity index (χ1) is 13.8. The molecule has 0 aliphatic heterocycles. The van der Waals surface area contributed by atoms with Crippen molar-refractivity contribution in [2.45, 2.75) is 25.7 Å². The van der Waals surface area contributed by atoms with Gasteiger partial charge < -0.3 is 5.32 Å². The lowest BCUT2D eigenvalue weighted by Gasteiger charge is -2.16. The van der Waals surface area contributed by atoms with Crippen molar-refractivity contribution in [1.29, 1.82) is 0 Å². The minimum absolute atomic E-state index is 0.704. The summed E-state index contributed by atoms with van der Waals surface area (Å²) in [5, 5.41) is 14.9. The normalized spacial score (nSPS) is 13.1. The molecule has 2 heterocycles. The lowest BCUT2D eigenvalue weighted by molar-refractivity contribution is 0.686. The summed E-state index contributed by atoms with van der Waals surface area (Å²) in [4.78, 5) is 4.64. The summed E-state index contributed by atoms with van der Waals surface area (Å²) in [7, 11) is 0. The summed E-state index contributed by atoms with van der Waals surface area (Å²) in [6, 6.07) is 20.8. The molecular weight excluding hydrogens is 364 g/mol. The number of hydrogen-bond acceptors (Lipinski definition) is 5. The van der Waals surface area contributed by atoms with E-state index >= 15 is 0 Å². The van der Waals surface area contributed by atoms with E-state index in [2.05, 4.69) is 50.8 Å². The van der Waals surface area contributed by atoms with E-state index in [9.17, 15) is 0 Å². The van der Waals surface area contributed by atoms with Crippen molar-refractivity contribution in [2.75, 3.05) is 5.32 Å². The number of anilines is 2. The van der Waals surface area contributed by atoms with Crippen molar-refractivity contribution in [3.63, 3.8) is 0 Å². The maximum Gasteiger partial charge on any atom is 0.188 e. The summed E-state index contributed by atoms with van der Waals surface area (Å²) >= 11 is 1.57. The number of aromatic nitrogens is 3. The van der Waals surface area contributed by atoms with E-state index in [-0.39, 0.29) is 0 Å². The van der Waals surface area contributed by atoms with Crippen molar-refractivity contribution in [3.8, 4) is 22.5 Å². The number of rotatable bonds is 4. The van der Waals surface area contributed by atoms with E-state index in [4.69, 9.17) is 0 Å². The number of aryl methyl sites for hydroxylation is 2. The molecule has 1 aliphatic rings. The van der Waals surface area contributed by atoms with Gasteiger partial charge in [-0.2, -0.15) is 0 Å². The van der Waals surface area contributed by atoms with E-state index in [0.29, 0.717) is 5.82 Å². The highest BCUT2D eigenvalue weighted by Gasteiger charge is 2.11. The topological polar surface area (TPSA) is 50.7 Å². The molecule has 0 atom stereocenters. The largest absolute Gasteiger partial charge is 0.315 e. The Balaban J connectivity index is 1.33. The molecule has 5 heteroatoms. The van der Waals surface area contributed by atoms with Gasteiger partial charge >= 0.3 is 0 Å². The monoisotopic (exact) mass is 384 g/mol. The quantitative estimate of drug-likeness (QED) is 0.477. The van der Waals surface area contributed by atoms with Gasteiger partial charge in [-0.1, -0.05) is 42.5 Å². The summed E-state index contributed by atoms with van der Waals surface area (Å²) in [5.74, 6) is 0.704. The number of nitrogens with one attached hydrogen (secondary N) is 1.